The number of rotatable bonds is 3. The summed E-state index contributed by atoms with van der Waals surface area (Å²) in [6.07, 6.45) is 0.691. The molecule has 0 aliphatic carbocycles. The van der Waals surface area contributed by atoms with Gasteiger partial charge in [-0.25, -0.2) is 4.39 Å². The summed E-state index contributed by atoms with van der Waals surface area (Å²) in [6.45, 7) is 0. The first-order valence-electron chi connectivity index (χ1n) is 5.36. The van der Waals surface area contributed by atoms with E-state index in [0.717, 1.165) is 16.9 Å². The lowest BCUT2D eigenvalue weighted by molar-refractivity contribution is 0.415. The van der Waals surface area contributed by atoms with Crippen LogP contribution in [0.3, 0.4) is 0 Å². The van der Waals surface area contributed by atoms with Crippen LogP contribution in [-0.2, 0) is 6.42 Å². The minimum absolute atomic E-state index is 0.226. The second-order valence-electron chi connectivity index (χ2n) is 3.87. The lowest BCUT2D eigenvalue weighted by Crippen LogP contribution is -1.96. The first-order valence-corrected chi connectivity index (χ1v) is 5.36. The molecule has 2 aromatic rings. The van der Waals surface area contributed by atoms with E-state index in [1.54, 1.807) is 25.3 Å². The molecule has 0 aromatic heterocycles. The maximum absolute atomic E-state index is 12.8. The highest BCUT2D eigenvalue weighted by Crippen LogP contribution is 2.22. The van der Waals surface area contributed by atoms with Crippen LogP contribution in [0.1, 0.15) is 11.1 Å². The molecule has 0 atom stereocenters. The number of benzene rings is 2. The molecule has 2 N–H and O–H groups in total. The van der Waals surface area contributed by atoms with Crippen LogP contribution in [0.4, 0.5) is 10.1 Å². The molecule has 0 unspecified atom stereocenters. The van der Waals surface area contributed by atoms with E-state index in [4.69, 9.17) is 10.5 Å². The molecule has 0 heterocycles. The van der Waals surface area contributed by atoms with Crippen LogP contribution in [-0.4, -0.2) is 7.11 Å². The zero-order valence-corrected chi connectivity index (χ0v) is 9.61. The predicted molar refractivity (Wildman–Crippen MR) is 66.6 cm³/mol. The maximum atomic E-state index is 12.8. The number of anilines is 1. The average molecular weight is 231 g/mol. The monoisotopic (exact) mass is 231 g/mol. The molecule has 0 spiro atoms. The molecule has 17 heavy (non-hydrogen) atoms. The van der Waals surface area contributed by atoms with E-state index in [-0.39, 0.29) is 5.82 Å². The highest BCUT2D eigenvalue weighted by atomic mass is 19.1. The largest absolute Gasteiger partial charge is 0.497 e. The number of hydrogen-bond acceptors (Lipinski definition) is 2. The van der Waals surface area contributed by atoms with Gasteiger partial charge >= 0.3 is 0 Å². The van der Waals surface area contributed by atoms with Crippen LogP contribution in [0.5, 0.6) is 5.75 Å². The zero-order chi connectivity index (χ0) is 12.3. The van der Waals surface area contributed by atoms with Gasteiger partial charge in [-0.1, -0.05) is 18.2 Å². The number of methoxy groups -OCH3 is 1. The van der Waals surface area contributed by atoms with Crippen molar-refractivity contribution in [1.82, 2.24) is 0 Å². The Kier molecular flexibility index (Phi) is 3.28. The van der Waals surface area contributed by atoms with Crippen molar-refractivity contribution in [3.8, 4) is 5.75 Å². The fourth-order valence-corrected chi connectivity index (χ4v) is 1.68. The molecule has 3 heteroatoms. The van der Waals surface area contributed by atoms with Gasteiger partial charge in [-0.05, 0) is 35.7 Å². The molecule has 0 aliphatic rings. The molecule has 0 bridgehead atoms. The van der Waals surface area contributed by atoms with Gasteiger partial charge in [0.1, 0.15) is 11.6 Å². The summed E-state index contributed by atoms with van der Waals surface area (Å²) in [7, 11) is 1.61. The normalized spacial score (nSPS) is 10.2. The Balaban J connectivity index is 2.21. The molecule has 2 rings (SSSR count). The van der Waals surface area contributed by atoms with E-state index in [2.05, 4.69) is 0 Å². The number of nitrogen functional groups attached to an aromatic ring is 1. The Hall–Kier alpha value is -2.03. The number of hydrogen-bond donors (Lipinski definition) is 1. The topological polar surface area (TPSA) is 35.2 Å². The lowest BCUT2D eigenvalue weighted by atomic mass is 10.0. The van der Waals surface area contributed by atoms with Crippen molar-refractivity contribution in [3.63, 3.8) is 0 Å². The third kappa shape index (κ3) is 2.75. The van der Waals surface area contributed by atoms with Crippen LogP contribution in [0.25, 0.3) is 0 Å². The first-order chi connectivity index (χ1) is 8.19. The van der Waals surface area contributed by atoms with Crippen LogP contribution < -0.4 is 10.5 Å². The number of nitrogens with two attached hydrogens (primary N) is 1. The second kappa shape index (κ2) is 4.87. The van der Waals surface area contributed by atoms with Crippen molar-refractivity contribution < 1.29 is 9.13 Å². The van der Waals surface area contributed by atoms with E-state index in [9.17, 15) is 4.39 Å². The van der Waals surface area contributed by atoms with Crippen LogP contribution in [0.2, 0.25) is 0 Å². The summed E-state index contributed by atoms with van der Waals surface area (Å²) in [5.41, 5.74) is 8.65. The predicted octanol–water partition coefficient (Wildman–Crippen LogP) is 3.01. The standard InChI is InChI=1S/C14H14FNO/c1-17-13-7-4-11(14(16)9-13)8-10-2-5-12(15)6-3-10/h2-7,9H,8,16H2,1H3. The van der Waals surface area contributed by atoms with Gasteiger partial charge in [-0.2, -0.15) is 0 Å². The van der Waals surface area contributed by atoms with Gasteiger partial charge in [0.05, 0.1) is 7.11 Å². The molecule has 0 amide bonds. The Morgan fingerprint density at radius 2 is 1.82 bits per heavy atom. The first kappa shape index (κ1) is 11.5. The van der Waals surface area contributed by atoms with E-state index in [1.807, 2.05) is 12.1 Å². The number of ether oxygens (including phenoxy) is 1. The minimum atomic E-state index is -0.226. The quantitative estimate of drug-likeness (QED) is 0.824. The van der Waals surface area contributed by atoms with Crippen LogP contribution >= 0.6 is 0 Å². The highest BCUT2D eigenvalue weighted by Gasteiger charge is 2.03. The Bertz CT molecular complexity index is 508. The second-order valence-corrected chi connectivity index (χ2v) is 3.87. The molecular weight excluding hydrogens is 217 g/mol. The maximum Gasteiger partial charge on any atom is 0.123 e. The summed E-state index contributed by atoms with van der Waals surface area (Å²) in [5.74, 6) is 0.516. The Morgan fingerprint density at radius 1 is 1.12 bits per heavy atom. The zero-order valence-electron chi connectivity index (χ0n) is 9.61. The summed E-state index contributed by atoms with van der Waals surface area (Å²) in [6, 6.07) is 12.0. The molecule has 2 nitrogen and oxygen atoms in total. The average Bonchev–Trinajstić information content (AvgIpc) is 2.34. The molecule has 88 valence electrons. The fourth-order valence-electron chi connectivity index (χ4n) is 1.68. The minimum Gasteiger partial charge on any atom is -0.497 e. The smallest absolute Gasteiger partial charge is 0.123 e. The van der Waals surface area contributed by atoms with Gasteiger partial charge in [0.2, 0.25) is 0 Å². The molecule has 0 saturated heterocycles. The molecule has 2 aromatic carbocycles. The van der Waals surface area contributed by atoms with E-state index in [1.165, 1.54) is 12.1 Å². The van der Waals surface area contributed by atoms with Crippen molar-refractivity contribution in [2.75, 3.05) is 12.8 Å². The highest BCUT2D eigenvalue weighted by molar-refractivity contribution is 5.52. The summed E-state index contributed by atoms with van der Waals surface area (Å²) < 4.78 is 17.8. The number of halogens is 1. The van der Waals surface area contributed by atoms with Gasteiger partial charge in [0, 0.05) is 11.8 Å². The fraction of sp³-hybridized carbons (Fsp3) is 0.143. The van der Waals surface area contributed by atoms with Crippen molar-refractivity contribution in [2.24, 2.45) is 0 Å². The van der Waals surface area contributed by atoms with Gasteiger partial charge in [0.25, 0.3) is 0 Å². The molecule has 0 radical (unpaired) electrons. The summed E-state index contributed by atoms with van der Waals surface area (Å²) in [5, 5.41) is 0. The van der Waals surface area contributed by atoms with Crippen molar-refractivity contribution in [2.45, 2.75) is 6.42 Å². The summed E-state index contributed by atoms with van der Waals surface area (Å²) in [4.78, 5) is 0. The SMILES string of the molecule is COc1ccc(Cc2ccc(F)cc2)c(N)c1. The van der Waals surface area contributed by atoms with E-state index >= 15 is 0 Å². The molecule has 0 saturated carbocycles. The molecular formula is C14H14FNO. The van der Waals surface area contributed by atoms with E-state index in [0.29, 0.717) is 12.1 Å². The Morgan fingerprint density at radius 3 is 2.41 bits per heavy atom. The Labute approximate surface area is 99.8 Å². The van der Waals surface area contributed by atoms with Crippen molar-refractivity contribution >= 4 is 5.69 Å². The summed E-state index contributed by atoms with van der Waals surface area (Å²) >= 11 is 0. The van der Waals surface area contributed by atoms with Gasteiger partial charge in [-0.3, -0.25) is 0 Å². The third-order valence-corrected chi connectivity index (χ3v) is 2.66. The molecule has 0 fully saturated rings. The van der Waals surface area contributed by atoms with Crippen molar-refractivity contribution in [3.05, 3.63) is 59.4 Å². The van der Waals surface area contributed by atoms with Gasteiger partial charge in [-0.15, -0.1) is 0 Å². The third-order valence-electron chi connectivity index (χ3n) is 2.66. The van der Waals surface area contributed by atoms with E-state index < -0.39 is 0 Å². The van der Waals surface area contributed by atoms with Crippen molar-refractivity contribution in [1.29, 1.82) is 0 Å². The van der Waals surface area contributed by atoms with Gasteiger partial charge < -0.3 is 10.5 Å². The van der Waals surface area contributed by atoms with Gasteiger partial charge in [0.15, 0.2) is 0 Å². The van der Waals surface area contributed by atoms with Crippen LogP contribution in [0.15, 0.2) is 42.5 Å². The van der Waals surface area contributed by atoms with Crippen LogP contribution in [0, 0.1) is 5.82 Å². The lowest BCUT2D eigenvalue weighted by Gasteiger charge is -2.08. The molecule has 0 aliphatic heterocycles.